The molecule has 3 rings (SSSR count). The average Bonchev–Trinajstić information content (AvgIpc) is 3.28. The molecule has 1 aliphatic carbocycles. The van der Waals surface area contributed by atoms with Crippen LogP contribution >= 0.6 is 0 Å². The summed E-state index contributed by atoms with van der Waals surface area (Å²) in [6.07, 6.45) is 6.90. The fourth-order valence-corrected chi connectivity index (χ4v) is 4.22. The molecule has 1 N–H and O–H groups in total. The Balaban J connectivity index is 1.39. The third-order valence-corrected chi connectivity index (χ3v) is 5.59. The lowest BCUT2D eigenvalue weighted by atomic mass is 9.86. The Morgan fingerprint density at radius 1 is 1.24 bits per heavy atom. The van der Waals surface area contributed by atoms with Gasteiger partial charge in [-0.15, -0.1) is 0 Å². The van der Waals surface area contributed by atoms with E-state index in [2.05, 4.69) is 15.2 Å². The van der Waals surface area contributed by atoms with E-state index in [1.54, 1.807) is 7.11 Å². The minimum Gasteiger partial charge on any atom is -0.496 e. The van der Waals surface area contributed by atoms with E-state index in [-0.39, 0.29) is 0 Å². The summed E-state index contributed by atoms with van der Waals surface area (Å²) in [5.74, 6) is 1.90. The predicted octanol–water partition coefficient (Wildman–Crippen LogP) is 3.05. The van der Waals surface area contributed by atoms with Crippen molar-refractivity contribution in [1.82, 2.24) is 10.2 Å². The number of benzene rings is 1. The van der Waals surface area contributed by atoms with Crippen molar-refractivity contribution in [1.29, 1.82) is 0 Å². The maximum Gasteiger partial charge on any atom is 0.193 e. The molecule has 0 aromatic heterocycles. The van der Waals surface area contributed by atoms with E-state index >= 15 is 0 Å². The average molecular weight is 345 g/mol. The van der Waals surface area contributed by atoms with Gasteiger partial charge >= 0.3 is 0 Å². The number of ether oxygens (including phenoxy) is 2. The van der Waals surface area contributed by atoms with Gasteiger partial charge < -0.3 is 19.7 Å². The molecule has 0 atom stereocenters. The predicted molar refractivity (Wildman–Crippen MR) is 101 cm³/mol. The molecule has 1 saturated heterocycles. The molecular weight excluding hydrogens is 314 g/mol. The highest BCUT2D eigenvalue weighted by Gasteiger charge is 2.40. The number of likely N-dealkylation sites (tertiary alicyclic amines) is 1. The smallest absolute Gasteiger partial charge is 0.193 e. The Labute approximate surface area is 151 Å². The Bertz CT molecular complexity index is 582. The van der Waals surface area contributed by atoms with Gasteiger partial charge in [0.05, 0.1) is 20.3 Å². The number of nitrogens with one attached hydrogen (secondary N) is 1. The summed E-state index contributed by atoms with van der Waals surface area (Å²) in [6, 6.07) is 7.98. The monoisotopic (exact) mass is 345 g/mol. The fourth-order valence-electron chi connectivity index (χ4n) is 4.22. The van der Waals surface area contributed by atoms with Crippen molar-refractivity contribution in [3.63, 3.8) is 0 Å². The Hall–Kier alpha value is -1.75. The van der Waals surface area contributed by atoms with Gasteiger partial charge in [0.25, 0.3) is 0 Å². The fraction of sp³-hybridized carbons (Fsp3) is 0.650. The quantitative estimate of drug-likeness (QED) is 0.489. The zero-order valence-electron chi connectivity index (χ0n) is 15.6. The van der Waals surface area contributed by atoms with Gasteiger partial charge in [-0.05, 0) is 30.7 Å². The summed E-state index contributed by atoms with van der Waals surface area (Å²) in [4.78, 5) is 6.89. The molecule has 0 bridgehead atoms. The van der Waals surface area contributed by atoms with E-state index in [0.717, 1.165) is 36.9 Å². The minimum absolute atomic E-state index is 0.567. The van der Waals surface area contributed by atoms with E-state index in [1.165, 1.54) is 32.1 Å². The zero-order valence-corrected chi connectivity index (χ0v) is 15.6. The number of hydrogen-bond acceptors (Lipinski definition) is 3. The molecule has 1 aromatic carbocycles. The van der Waals surface area contributed by atoms with E-state index < -0.39 is 0 Å². The second-order valence-electron chi connectivity index (χ2n) is 7.22. The third kappa shape index (κ3) is 4.46. The van der Waals surface area contributed by atoms with Crippen LogP contribution in [-0.4, -0.2) is 51.3 Å². The van der Waals surface area contributed by atoms with Crippen LogP contribution in [0.25, 0.3) is 0 Å². The summed E-state index contributed by atoms with van der Waals surface area (Å²) in [6.45, 7) is 4.27. The lowest BCUT2D eigenvalue weighted by Crippen LogP contribution is -2.42. The van der Waals surface area contributed by atoms with Crippen molar-refractivity contribution in [2.75, 3.05) is 40.4 Å². The summed E-state index contributed by atoms with van der Waals surface area (Å²) in [7, 11) is 3.56. The van der Waals surface area contributed by atoms with Crippen LogP contribution in [0.1, 0.15) is 37.7 Å². The van der Waals surface area contributed by atoms with Crippen molar-refractivity contribution >= 4 is 5.96 Å². The number of nitrogens with zero attached hydrogens (tertiary/aromatic N) is 2. The molecule has 1 saturated carbocycles. The first-order valence-electron chi connectivity index (χ1n) is 9.42. The zero-order chi connectivity index (χ0) is 17.5. The molecule has 25 heavy (non-hydrogen) atoms. The second kappa shape index (κ2) is 8.56. The molecule has 2 aliphatic rings. The molecule has 1 aromatic rings. The SMILES string of the molecule is CN=C(NCCOCc1ccccc1OC)N1CCC2(CCCC2)C1. The van der Waals surface area contributed by atoms with Gasteiger partial charge in [0.15, 0.2) is 5.96 Å². The molecule has 1 aliphatic heterocycles. The normalized spacial score (nSPS) is 19.6. The van der Waals surface area contributed by atoms with Crippen LogP contribution in [0, 0.1) is 5.41 Å². The standard InChI is InChI=1S/C20H31N3O2/c1-21-19(23-13-11-20(16-23)9-5-6-10-20)22-12-14-25-15-17-7-3-4-8-18(17)24-2/h3-4,7-8H,5-6,9-16H2,1-2H3,(H,21,22). The highest BCUT2D eigenvalue weighted by atomic mass is 16.5. The van der Waals surface area contributed by atoms with Crippen LogP contribution in [0.2, 0.25) is 0 Å². The number of rotatable bonds is 6. The second-order valence-corrected chi connectivity index (χ2v) is 7.22. The highest BCUT2D eigenvalue weighted by molar-refractivity contribution is 5.80. The first-order chi connectivity index (χ1) is 12.3. The molecule has 0 unspecified atom stereocenters. The van der Waals surface area contributed by atoms with Gasteiger partial charge in [-0.3, -0.25) is 4.99 Å². The lowest BCUT2D eigenvalue weighted by molar-refractivity contribution is 0.123. The number of aliphatic imine (C=N–C) groups is 1. The van der Waals surface area contributed by atoms with Crippen molar-refractivity contribution < 1.29 is 9.47 Å². The van der Waals surface area contributed by atoms with Crippen LogP contribution in [-0.2, 0) is 11.3 Å². The number of guanidine groups is 1. The largest absolute Gasteiger partial charge is 0.496 e. The molecular formula is C20H31N3O2. The number of methoxy groups -OCH3 is 1. The van der Waals surface area contributed by atoms with Gasteiger partial charge in [-0.2, -0.15) is 0 Å². The van der Waals surface area contributed by atoms with Crippen LogP contribution in [0.5, 0.6) is 5.75 Å². The maximum absolute atomic E-state index is 5.80. The van der Waals surface area contributed by atoms with E-state index in [4.69, 9.17) is 9.47 Å². The van der Waals surface area contributed by atoms with Crippen LogP contribution in [0.3, 0.4) is 0 Å². The summed E-state index contributed by atoms with van der Waals surface area (Å²) in [5, 5.41) is 3.45. The van der Waals surface area contributed by atoms with Gasteiger partial charge in [0.2, 0.25) is 0 Å². The van der Waals surface area contributed by atoms with Crippen LogP contribution in [0.4, 0.5) is 0 Å². The van der Waals surface area contributed by atoms with Gasteiger partial charge in [-0.25, -0.2) is 0 Å². The Kier molecular flexibility index (Phi) is 6.19. The third-order valence-electron chi connectivity index (χ3n) is 5.59. The summed E-state index contributed by atoms with van der Waals surface area (Å²) < 4.78 is 11.1. The van der Waals surface area contributed by atoms with Crippen molar-refractivity contribution in [2.24, 2.45) is 10.4 Å². The molecule has 138 valence electrons. The maximum atomic E-state index is 5.80. The van der Waals surface area contributed by atoms with Crippen LogP contribution in [0.15, 0.2) is 29.3 Å². The summed E-state index contributed by atoms with van der Waals surface area (Å²) >= 11 is 0. The van der Waals surface area contributed by atoms with Crippen molar-refractivity contribution in [3.8, 4) is 5.75 Å². The topological polar surface area (TPSA) is 46.1 Å². The molecule has 0 radical (unpaired) electrons. The molecule has 5 heteroatoms. The molecule has 0 amide bonds. The molecule has 5 nitrogen and oxygen atoms in total. The minimum atomic E-state index is 0.567. The van der Waals surface area contributed by atoms with Crippen LogP contribution < -0.4 is 10.1 Å². The van der Waals surface area contributed by atoms with E-state index in [9.17, 15) is 0 Å². The first-order valence-corrected chi connectivity index (χ1v) is 9.42. The highest BCUT2D eigenvalue weighted by Crippen LogP contribution is 2.45. The number of para-hydroxylation sites is 1. The first kappa shape index (κ1) is 18.1. The van der Waals surface area contributed by atoms with E-state index in [1.807, 2.05) is 31.3 Å². The lowest BCUT2D eigenvalue weighted by Gasteiger charge is -2.25. The number of hydrogen-bond donors (Lipinski definition) is 1. The Morgan fingerprint density at radius 3 is 2.80 bits per heavy atom. The van der Waals surface area contributed by atoms with Gasteiger partial charge in [-0.1, -0.05) is 31.0 Å². The molecule has 1 spiro atoms. The molecule has 1 heterocycles. The van der Waals surface area contributed by atoms with Crippen molar-refractivity contribution in [3.05, 3.63) is 29.8 Å². The van der Waals surface area contributed by atoms with Gasteiger partial charge in [0.1, 0.15) is 5.75 Å². The van der Waals surface area contributed by atoms with Gasteiger partial charge in [0, 0.05) is 32.2 Å². The Morgan fingerprint density at radius 2 is 2.04 bits per heavy atom. The van der Waals surface area contributed by atoms with Crippen molar-refractivity contribution in [2.45, 2.75) is 38.7 Å². The van der Waals surface area contributed by atoms with E-state index in [0.29, 0.717) is 18.6 Å². The molecule has 2 fully saturated rings. The summed E-state index contributed by atoms with van der Waals surface area (Å²) in [5.41, 5.74) is 1.65.